The highest BCUT2D eigenvalue weighted by Crippen LogP contribution is 2.14. The molecule has 1 heterocycles. The Labute approximate surface area is 105 Å². The lowest BCUT2D eigenvalue weighted by atomic mass is 10.1. The van der Waals surface area contributed by atoms with Crippen molar-refractivity contribution >= 4 is 5.91 Å². The van der Waals surface area contributed by atoms with Crippen molar-refractivity contribution in [2.75, 3.05) is 13.7 Å². The molecule has 1 rings (SSSR count). The number of nitrogens with zero attached hydrogens (tertiary/aromatic N) is 1. The molecule has 1 amide bonds. The van der Waals surface area contributed by atoms with Crippen molar-refractivity contribution in [3.05, 3.63) is 17.0 Å². The molecule has 1 aromatic rings. The molecule has 0 saturated carbocycles. The molecule has 1 aromatic heterocycles. The van der Waals surface area contributed by atoms with Crippen molar-refractivity contribution in [3.8, 4) is 0 Å². The number of rotatable bonds is 6. The third kappa shape index (κ3) is 3.28. The number of ether oxygens (including phenoxy) is 1. The molecule has 7 heteroatoms. The molecule has 0 bridgehead atoms. The summed E-state index contributed by atoms with van der Waals surface area (Å²) in [5, 5.41) is 24.2. The van der Waals surface area contributed by atoms with E-state index in [4.69, 9.17) is 19.5 Å². The zero-order chi connectivity index (χ0) is 13.8. The maximum absolute atomic E-state index is 11.8. The maximum atomic E-state index is 11.8. The van der Waals surface area contributed by atoms with Gasteiger partial charge in [-0.15, -0.1) is 0 Å². The minimum atomic E-state index is -0.501. The van der Waals surface area contributed by atoms with Crippen LogP contribution in [0.1, 0.15) is 35.7 Å². The molecule has 0 saturated heterocycles. The molecular formula is C11H18N2O5. The summed E-state index contributed by atoms with van der Waals surface area (Å²) in [6, 6.07) is 0. The number of hydrogen-bond donors (Lipinski definition) is 3. The zero-order valence-electron chi connectivity index (χ0n) is 10.7. The molecule has 3 N–H and O–H groups in total. The molecule has 0 fully saturated rings. The van der Waals surface area contributed by atoms with Crippen LogP contribution in [0, 0.1) is 0 Å². The molecule has 0 radical (unpaired) electrons. The van der Waals surface area contributed by atoms with Crippen LogP contribution >= 0.6 is 0 Å². The predicted octanol–water partition coefficient (Wildman–Crippen LogP) is -0.186. The lowest BCUT2D eigenvalue weighted by Crippen LogP contribution is -2.40. The Morgan fingerprint density at radius 3 is 2.61 bits per heavy atom. The van der Waals surface area contributed by atoms with Crippen molar-refractivity contribution in [2.45, 2.75) is 32.7 Å². The van der Waals surface area contributed by atoms with Gasteiger partial charge in [0.05, 0.1) is 17.8 Å². The van der Waals surface area contributed by atoms with Gasteiger partial charge in [0, 0.05) is 13.7 Å². The first-order valence-corrected chi connectivity index (χ1v) is 5.47. The Kier molecular flexibility index (Phi) is 4.83. The van der Waals surface area contributed by atoms with Crippen LogP contribution in [0.15, 0.2) is 4.52 Å². The molecule has 0 aliphatic rings. The monoisotopic (exact) mass is 258 g/mol. The molecule has 0 aliphatic heterocycles. The number of carbonyl (C=O) groups excluding carboxylic acids is 1. The van der Waals surface area contributed by atoms with Gasteiger partial charge in [-0.2, -0.15) is 0 Å². The third-order valence-electron chi connectivity index (χ3n) is 2.61. The summed E-state index contributed by atoms with van der Waals surface area (Å²) >= 11 is 0. The number of methoxy groups -OCH3 is 1. The first-order chi connectivity index (χ1) is 8.45. The average Bonchev–Trinajstić information content (AvgIpc) is 2.78. The third-order valence-corrected chi connectivity index (χ3v) is 2.61. The Hall–Kier alpha value is -1.44. The van der Waals surface area contributed by atoms with Crippen LogP contribution in [0.5, 0.6) is 0 Å². The van der Waals surface area contributed by atoms with E-state index in [2.05, 4.69) is 10.5 Å². The maximum Gasteiger partial charge on any atom is 0.273 e. The number of amides is 1. The second kappa shape index (κ2) is 5.94. The Morgan fingerprint density at radius 1 is 1.44 bits per heavy atom. The van der Waals surface area contributed by atoms with Gasteiger partial charge in [0.15, 0.2) is 11.5 Å². The summed E-state index contributed by atoms with van der Waals surface area (Å²) in [5.41, 5.74) is -0.322. The molecule has 0 aromatic carbocycles. The number of aliphatic hydroxyl groups excluding tert-OH is 2. The van der Waals surface area contributed by atoms with Gasteiger partial charge in [-0.05, 0) is 13.8 Å². The highest BCUT2D eigenvalue weighted by Gasteiger charge is 2.23. The minimum absolute atomic E-state index is 0.0200. The number of hydrogen-bond acceptors (Lipinski definition) is 6. The lowest BCUT2D eigenvalue weighted by Gasteiger charge is -2.22. The van der Waals surface area contributed by atoms with Gasteiger partial charge >= 0.3 is 0 Å². The van der Waals surface area contributed by atoms with Crippen LogP contribution in [0.3, 0.4) is 0 Å². The number of carbonyl (C=O) groups is 1. The summed E-state index contributed by atoms with van der Waals surface area (Å²) in [4.78, 5) is 11.8. The van der Waals surface area contributed by atoms with E-state index in [9.17, 15) is 4.79 Å². The zero-order valence-corrected chi connectivity index (χ0v) is 10.7. The summed E-state index contributed by atoms with van der Waals surface area (Å²) < 4.78 is 9.92. The molecule has 0 aliphatic carbocycles. The van der Waals surface area contributed by atoms with Gasteiger partial charge in [0.25, 0.3) is 5.91 Å². The van der Waals surface area contributed by atoms with Gasteiger partial charge in [0.2, 0.25) is 0 Å². The van der Waals surface area contributed by atoms with Crippen LogP contribution in [-0.4, -0.2) is 40.5 Å². The predicted molar refractivity (Wildman–Crippen MR) is 61.8 cm³/mol. The number of nitrogens with one attached hydrogen (secondary N) is 1. The van der Waals surface area contributed by atoms with Crippen LogP contribution < -0.4 is 5.32 Å². The molecule has 18 heavy (non-hydrogen) atoms. The van der Waals surface area contributed by atoms with E-state index >= 15 is 0 Å². The van der Waals surface area contributed by atoms with Crippen LogP contribution in [-0.2, 0) is 18.0 Å². The van der Waals surface area contributed by atoms with Crippen LogP contribution in [0.4, 0.5) is 0 Å². The van der Waals surface area contributed by atoms with Crippen LogP contribution in [0.2, 0.25) is 0 Å². The Morgan fingerprint density at radius 2 is 2.11 bits per heavy atom. The topological polar surface area (TPSA) is 105 Å². The van der Waals surface area contributed by atoms with E-state index < -0.39 is 24.7 Å². The van der Waals surface area contributed by atoms with Gasteiger partial charge < -0.3 is 24.8 Å². The quantitative estimate of drug-likeness (QED) is 0.653. The van der Waals surface area contributed by atoms with E-state index in [0.29, 0.717) is 0 Å². The minimum Gasteiger partial charge on any atom is -0.391 e. The second-order valence-corrected chi connectivity index (χ2v) is 4.40. The van der Waals surface area contributed by atoms with Crippen molar-refractivity contribution in [3.63, 3.8) is 0 Å². The highest BCUT2D eigenvalue weighted by molar-refractivity contribution is 5.93. The first-order valence-electron chi connectivity index (χ1n) is 5.47. The highest BCUT2D eigenvalue weighted by atomic mass is 16.5. The van der Waals surface area contributed by atoms with Crippen molar-refractivity contribution < 1.29 is 24.3 Å². The fourth-order valence-corrected chi connectivity index (χ4v) is 1.26. The largest absolute Gasteiger partial charge is 0.391 e. The van der Waals surface area contributed by atoms with Gasteiger partial charge in [-0.3, -0.25) is 4.79 Å². The SMILES string of the molecule is COC(C)(C)CNC(=O)c1noc(CO)c1CO. The Bertz CT molecular complexity index is 414. The van der Waals surface area contributed by atoms with Crippen molar-refractivity contribution in [2.24, 2.45) is 0 Å². The normalized spacial score (nSPS) is 11.6. The number of aromatic nitrogens is 1. The van der Waals surface area contributed by atoms with Gasteiger partial charge in [-0.1, -0.05) is 5.16 Å². The Balaban J connectivity index is 2.76. The molecule has 0 atom stereocenters. The fraction of sp³-hybridized carbons (Fsp3) is 0.636. The van der Waals surface area contributed by atoms with E-state index in [1.165, 1.54) is 0 Å². The van der Waals surface area contributed by atoms with E-state index in [-0.39, 0.29) is 23.6 Å². The summed E-state index contributed by atoms with van der Waals surface area (Å²) in [7, 11) is 1.55. The van der Waals surface area contributed by atoms with Crippen LogP contribution in [0.25, 0.3) is 0 Å². The van der Waals surface area contributed by atoms with Gasteiger partial charge in [0.1, 0.15) is 6.61 Å². The first kappa shape index (κ1) is 14.6. The van der Waals surface area contributed by atoms with E-state index in [1.54, 1.807) is 7.11 Å². The standard InChI is InChI=1S/C11H18N2O5/c1-11(2,17-3)6-12-10(16)9-7(4-14)8(5-15)18-13-9/h14-15H,4-6H2,1-3H3,(H,12,16). The fourth-order valence-electron chi connectivity index (χ4n) is 1.26. The van der Waals surface area contributed by atoms with E-state index in [1.807, 2.05) is 13.8 Å². The second-order valence-electron chi connectivity index (χ2n) is 4.40. The molecule has 0 unspecified atom stereocenters. The smallest absolute Gasteiger partial charge is 0.273 e. The molecule has 7 nitrogen and oxygen atoms in total. The van der Waals surface area contributed by atoms with E-state index in [0.717, 1.165) is 0 Å². The van der Waals surface area contributed by atoms with Gasteiger partial charge in [-0.25, -0.2) is 0 Å². The summed E-state index contributed by atoms with van der Waals surface area (Å²) in [6.07, 6.45) is 0. The summed E-state index contributed by atoms with van der Waals surface area (Å²) in [6.45, 7) is 3.09. The molecular weight excluding hydrogens is 240 g/mol. The number of aliphatic hydroxyl groups is 2. The lowest BCUT2D eigenvalue weighted by molar-refractivity contribution is 0.0227. The molecule has 102 valence electrons. The summed E-state index contributed by atoms with van der Waals surface area (Å²) in [5.74, 6) is -0.388. The molecule has 0 spiro atoms. The van der Waals surface area contributed by atoms with Crippen molar-refractivity contribution in [1.82, 2.24) is 10.5 Å². The van der Waals surface area contributed by atoms with Crippen molar-refractivity contribution in [1.29, 1.82) is 0 Å². The average molecular weight is 258 g/mol.